The van der Waals surface area contributed by atoms with Crippen LogP contribution in [0.4, 0.5) is 5.82 Å². The van der Waals surface area contributed by atoms with Crippen molar-refractivity contribution in [3.05, 3.63) is 42.6 Å². The Kier molecular flexibility index (Phi) is 2.93. The Labute approximate surface area is 139 Å². The van der Waals surface area contributed by atoms with Crippen molar-refractivity contribution in [1.29, 1.82) is 0 Å². The van der Waals surface area contributed by atoms with E-state index in [1.807, 2.05) is 36.5 Å². The highest BCUT2D eigenvalue weighted by molar-refractivity contribution is 5.91. The summed E-state index contributed by atoms with van der Waals surface area (Å²) in [7, 11) is 2.16. The molecule has 0 atom stereocenters. The molecule has 1 aliphatic heterocycles. The number of nitrogens with zero attached hydrogens (tertiary/aromatic N) is 6. The molecule has 1 fully saturated rings. The molecule has 5 rings (SSSR count). The van der Waals surface area contributed by atoms with Crippen LogP contribution < -0.4 is 4.90 Å². The Hall–Kier alpha value is -2.73. The summed E-state index contributed by atoms with van der Waals surface area (Å²) in [5.74, 6) is 0.958. The Bertz CT molecular complexity index is 1050. The van der Waals surface area contributed by atoms with Gasteiger partial charge in [0.2, 0.25) is 0 Å². The molecule has 0 spiro atoms. The number of hydrogen-bond acceptors (Lipinski definition) is 5. The molecule has 0 N–H and O–H groups in total. The highest BCUT2D eigenvalue weighted by atomic mass is 15.3. The summed E-state index contributed by atoms with van der Waals surface area (Å²) >= 11 is 0. The number of aromatic nitrogens is 4. The summed E-state index contributed by atoms with van der Waals surface area (Å²) in [6.07, 6.45) is 1.81. The molecule has 0 saturated carbocycles. The number of piperazine rings is 1. The molecule has 4 aromatic rings. The van der Waals surface area contributed by atoms with Crippen LogP contribution in [0.25, 0.3) is 27.8 Å². The highest BCUT2D eigenvalue weighted by Crippen LogP contribution is 2.28. The number of para-hydroxylation sites is 2. The third kappa shape index (κ3) is 1.96. The lowest BCUT2D eigenvalue weighted by Crippen LogP contribution is -2.45. The number of likely N-dealkylation sites (N-methyl/N-ethyl adjacent to an activating group) is 1. The minimum Gasteiger partial charge on any atom is -0.351 e. The molecule has 1 aliphatic rings. The standard InChI is InChI=1S/C18H18N6/c1-22-9-11-23(12-10-22)17-18-20-13-5-2-3-7-15(13)24(18)16-14(21-17)6-4-8-19-16/h2-8H,9-12H2,1H3. The van der Waals surface area contributed by atoms with Crippen LogP contribution in [-0.2, 0) is 0 Å². The first kappa shape index (κ1) is 13.7. The first-order valence-electron chi connectivity index (χ1n) is 8.27. The minimum absolute atomic E-state index is 0.860. The van der Waals surface area contributed by atoms with Gasteiger partial charge in [-0.2, -0.15) is 0 Å². The second-order valence-corrected chi connectivity index (χ2v) is 6.33. The number of anilines is 1. The molecule has 6 heteroatoms. The molecule has 0 unspecified atom stereocenters. The van der Waals surface area contributed by atoms with Crippen molar-refractivity contribution in [1.82, 2.24) is 24.3 Å². The fraction of sp³-hybridized carbons (Fsp3) is 0.278. The minimum atomic E-state index is 0.860. The largest absolute Gasteiger partial charge is 0.351 e. The Balaban J connectivity index is 1.85. The number of benzene rings is 1. The molecule has 1 aromatic carbocycles. The first-order valence-corrected chi connectivity index (χ1v) is 8.27. The van der Waals surface area contributed by atoms with E-state index in [9.17, 15) is 0 Å². The van der Waals surface area contributed by atoms with Crippen LogP contribution in [-0.4, -0.2) is 57.5 Å². The molecular weight excluding hydrogens is 300 g/mol. The fourth-order valence-corrected chi connectivity index (χ4v) is 3.43. The molecule has 0 radical (unpaired) electrons. The third-order valence-corrected chi connectivity index (χ3v) is 4.77. The zero-order chi connectivity index (χ0) is 16.1. The summed E-state index contributed by atoms with van der Waals surface area (Å²) in [6, 6.07) is 12.2. The lowest BCUT2D eigenvalue weighted by molar-refractivity contribution is 0.312. The SMILES string of the molecule is CN1CCN(c2nc3cccnc3n3c2nc2ccccc23)CC1. The van der Waals surface area contributed by atoms with Crippen LogP contribution in [0.5, 0.6) is 0 Å². The monoisotopic (exact) mass is 318 g/mol. The van der Waals surface area contributed by atoms with Crippen LogP contribution in [0.15, 0.2) is 42.6 Å². The van der Waals surface area contributed by atoms with E-state index < -0.39 is 0 Å². The maximum atomic E-state index is 4.91. The Morgan fingerprint density at radius 3 is 2.50 bits per heavy atom. The van der Waals surface area contributed by atoms with Gasteiger partial charge < -0.3 is 9.80 Å². The Morgan fingerprint density at radius 1 is 0.833 bits per heavy atom. The summed E-state index contributed by atoms with van der Waals surface area (Å²) in [5.41, 5.74) is 4.72. The summed E-state index contributed by atoms with van der Waals surface area (Å²) < 4.78 is 2.14. The maximum absolute atomic E-state index is 4.91. The van der Waals surface area contributed by atoms with E-state index >= 15 is 0 Å². The van der Waals surface area contributed by atoms with E-state index in [1.54, 1.807) is 0 Å². The maximum Gasteiger partial charge on any atom is 0.183 e. The number of pyridine rings is 1. The van der Waals surface area contributed by atoms with Gasteiger partial charge in [0.15, 0.2) is 17.1 Å². The van der Waals surface area contributed by atoms with Crippen LogP contribution in [0.3, 0.4) is 0 Å². The number of imidazole rings is 1. The van der Waals surface area contributed by atoms with Crippen LogP contribution in [0.1, 0.15) is 0 Å². The molecule has 4 heterocycles. The van der Waals surface area contributed by atoms with Gasteiger partial charge in [-0.3, -0.25) is 4.40 Å². The average molecular weight is 318 g/mol. The highest BCUT2D eigenvalue weighted by Gasteiger charge is 2.21. The number of rotatable bonds is 1. The van der Waals surface area contributed by atoms with Crippen LogP contribution in [0.2, 0.25) is 0 Å². The van der Waals surface area contributed by atoms with Gasteiger partial charge >= 0.3 is 0 Å². The van der Waals surface area contributed by atoms with E-state index in [0.717, 1.165) is 59.8 Å². The molecule has 0 aliphatic carbocycles. The third-order valence-electron chi connectivity index (χ3n) is 4.77. The van der Waals surface area contributed by atoms with E-state index in [-0.39, 0.29) is 0 Å². The fourth-order valence-electron chi connectivity index (χ4n) is 3.43. The molecule has 24 heavy (non-hydrogen) atoms. The zero-order valence-corrected chi connectivity index (χ0v) is 13.6. The quantitative estimate of drug-likeness (QED) is 0.538. The van der Waals surface area contributed by atoms with Crippen molar-refractivity contribution in [2.24, 2.45) is 0 Å². The van der Waals surface area contributed by atoms with Gasteiger partial charge in [0.1, 0.15) is 5.52 Å². The molecular formula is C18H18N6. The van der Waals surface area contributed by atoms with Gasteiger partial charge in [-0.05, 0) is 31.3 Å². The average Bonchev–Trinajstić information content (AvgIpc) is 3.02. The predicted molar refractivity (Wildman–Crippen MR) is 95.5 cm³/mol. The second-order valence-electron chi connectivity index (χ2n) is 6.33. The molecule has 3 aromatic heterocycles. The van der Waals surface area contributed by atoms with Gasteiger partial charge in [-0.1, -0.05) is 12.1 Å². The second kappa shape index (κ2) is 5.14. The molecule has 6 nitrogen and oxygen atoms in total. The lowest BCUT2D eigenvalue weighted by atomic mass is 10.3. The molecule has 1 saturated heterocycles. The van der Waals surface area contributed by atoms with Crippen molar-refractivity contribution in [2.75, 3.05) is 38.1 Å². The molecule has 120 valence electrons. The van der Waals surface area contributed by atoms with Gasteiger partial charge in [0.25, 0.3) is 0 Å². The van der Waals surface area contributed by atoms with E-state index in [1.165, 1.54) is 0 Å². The van der Waals surface area contributed by atoms with Gasteiger partial charge in [-0.15, -0.1) is 0 Å². The predicted octanol–water partition coefficient (Wildman–Crippen LogP) is 2.18. The first-order chi connectivity index (χ1) is 11.8. The van der Waals surface area contributed by atoms with E-state index in [4.69, 9.17) is 9.97 Å². The lowest BCUT2D eigenvalue weighted by Gasteiger charge is -2.33. The van der Waals surface area contributed by atoms with Crippen molar-refractivity contribution >= 4 is 33.7 Å². The zero-order valence-electron chi connectivity index (χ0n) is 13.6. The molecule has 0 amide bonds. The Morgan fingerprint density at radius 2 is 1.62 bits per heavy atom. The van der Waals surface area contributed by atoms with Gasteiger partial charge in [0, 0.05) is 32.4 Å². The topological polar surface area (TPSA) is 49.6 Å². The van der Waals surface area contributed by atoms with Crippen molar-refractivity contribution in [3.63, 3.8) is 0 Å². The van der Waals surface area contributed by atoms with E-state index in [0.29, 0.717) is 0 Å². The summed E-state index contributed by atoms with van der Waals surface area (Å²) in [5, 5.41) is 0. The van der Waals surface area contributed by atoms with Crippen LogP contribution >= 0.6 is 0 Å². The van der Waals surface area contributed by atoms with Crippen molar-refractivity contribution in [3.8, 4) is 0 Å². The van der Waals surface area contributed by atoms with Crippen molar-refractivity contribution in [2.45, 2.75) is 0 Å². The number of fused-ring (bicyclic) bond motifs is 5. The van der Waals surface area contributed by atoms with Crippen molar-refractivity contribution < 1.29 is 0 Å². The van der Waals surface area contributed by atoms with Gasteiger partial charge in [-0.25, -0.2) is 15.0 Å². The van der Waals surface area contributed by atoms with Gasteiger partial charge in [0.05, 0.1) is 11.0 Å². The normalized spacial score (nSPS) is 16.5. The summed E-state index contributed by atoms with van der Waals surface area (Å²) in [4.78, 5) is 19.0. The van der Waals surface area contributed by atoms with Crippen LogP contribution in [0, 0.1) is 0 Å². The van der Waals surface area contributed by atoms with E-state index in [2.05, 4.69) is 32.3 Å². The number of hydrogen-bond donors (Lipinski definition) is 0. The smallest absolute Gasteiger partial charge is 0.183 e. The summed E-state index contributed by atoms with van der Waals surface area (Å²) in [6.45, 7) is 4.01. The molecule has 0 bridgehead atoms.